The zero-order chi connectivity index (χ0) is 9.23. The van der Waals surface area contributed by atoms with Crippen LogP contribution in [0.25, 0.3) is 0 Å². The van der Waals surface area contributed by atoms with Gasteiger partial charge in [-0.3, -0.25) is 4.90 Å². The molecule has 13 heavy (non-hydrogen) atoms. The topological polar surface area (TPSA) is 23.5 Å². The Labute approximate surface area is 87.7 Å². The van der Waals surface area contributed by atoms with Gasteiger partial charge in [0.25, 0.3) is 0 Å². The molecule has 0 fully saturated rings. The molecule has 3 heteroatoms. The summed E-state index contributed by atoms with van der Waals surface area (Å²) >= 11 is 0. The van der Waals surface area contributed by atoms with E-state index in [-0.39, 0.29) is 12.4 Å². The number of hydrogen-bond acceptors (Lipinski definition) is 2. The Morgan fingerprint density at radius 1 is 1.23 bits per heavy atom. The van der Waals surface area contributed by atoms with E-state index >= 15 is 0 Å². The highest BCUT2D eigenvalue weighted by Gasteiger charge is 1.94. The van der Waals surface area contributed by atoms with Crippen LogP contribution in [-0.2, 0) is 0 Å². The second-order valence-corrected chi connectivity index (χ2v) is 3.08. The molecule has 0 heterocycles. The summed E-state index contributed by atoms with van der Waals surface area (Å²) in [6.45, 7) is 2.12. The average molecular weight is 206 g/mol. The van der Waals surface area contributed by atoms with Gasteiger partial charge in [0.2, 0.25) is 0 Å². The first-order valence-electron chi connectivity index (χ1n) is 4.54. The molecule has 0 saturated carbocycles. The zero-order valence-corrected chi connectivity index (χ0v) is 9.15. The maximum absolute atomic E-state index is 8.52. The van der Waals surface area contributed by atoms with Crippen LogP contribution in [0.4, 0.5) is 0 Å². The van der Waals surface area contributed by atoms with Gasteiger partial charge in [0.15, 0.2) is 0 Å². The molecule has 0 aromatic heterocycles. The molecule has 1 N–H and O–H groups in total. The lowest BCUT2D eigenvalue weighted by Crippen LogP contribution is -2.19. The minimum absolute atomic E-state index is 0. The van der Waals surface area contributed by atoms with Crippen LogP contribution in [0.5, 0.6) is 0 Å². The third kappa shape index (κ3) is 11.8. The fourth-order valence-electron chi connectivity index (χ4n) is 1.08. The molecule has 78 valence electrons. The van der Waals surface area contributed by atoms with Crippen molar-refractivity contribution >= 4 is 12.4 Å². The van der Waals surface area contributed by atoms with Crippen molar-refractivity contribution in [2.24, 2.45) is 0 Å². The van der Waals surface area contributed by atoms with E-state index in [0.717, 1.165) is 25.9 Å². The summed E-state index contributed by atoms with van der Waals surface area (Å²) in [7, 11) is 2.03. The van der Waals surface area contributed by atoms with Crippen LogP contribution in [-0.4, -0.2) is 36.8 Å². The van der Waals surface area contributed by atoms with Gasteiger partial charge < -0.3 is 5.11 Å². The van der Waals surface area contributed by atoms with Gasteiger partial charge >= 0.3 is 0 Å². The SMILES string of the molecule is C#CCN(C)CCCCCCO.Cl. The molecule has 0 unspecified atom stereocenters. The Bertz CT molecular complexity index is 133. The van der Waals surface area contributed by atoms with E-state index in [2.05, 4.69) is 10.8 Å². The molecule has 2 nitrogen and oxygen atoms in total. The Morgan fingerprint density at radius 3 is 2.38 bits per heavy atom. The standard InChI is InChI=1S/C10H19NO.ClH/c1-3-8-11(2)9-6-4-5-7-10-12;/h1,12H,4-10H2,2H3;1H. The van der Waals surface area contributed by atoms with Crippen molar-refractivity contribution in [1.82, 2.24) is 4.90 Å². The lowest BCUT2D eigenvalue weighted by Gasteiger charge is -2.11. The number of unbranched alkanes of at least 4 members (excludes halogenated alkanes) is 3. The number of rotatable bonds is 7. The lowest BCUT2D eigenvalue weighted by molar-refractivity contribution is 0.280. The minimum atomic E-state index is 0. The molecular formula is C10H20ClNO. The van der Waals surface area contributed by atoms with E-state index < -0.39 is 0 Å². The monoisotopic (exact) mass is 205 g/mol. The Hall–Kier alpha value is -0.230. The van der Waals surface area contributed by atoms with Gasteiger partial charge in [-0.1, -0.05) is 18.8 Å². The highest BCUT2D eigenvalue weighted by atomic mass is 35.5. The molecule has 0 rings (SSSR count). The number of hydrogen-bond donors (Lipinski definition) is 1. The van der Waals surface area contributed by atoms with E-state index in [4.69, 9.17) is 11.5 Å². The number of terminal acetylenes is 1. The summed E-state index contributed by atoms with van der Waals surface area (Å²) in [5.41, 5.74) is 0. The summed E-state index contributed by atoms with van der Waals surface area (Å²) in [6.07, 6.45) is 9.58. The Morgan fingerprint density at radius 2 is 1.85 bits per heavy atom. The summed E-state index contributed by atoms with van der Waals surface area (Å²) in [5, 5.41) is 8.52. The summed E-state index contributed by atoms with van der Waals surface area (Å²) in [4.78, 5) is 2.14. The van der Waals surface area contributed by atoms with Gasteiger partial charge in [-0.05, 0) is 26.4 Å². The van der Waals surface area contributed by atoms with E-state index in [1.165, 1.54) is 12.8 Å². The Kier molecular flexibility index (Phi) is 13.8. The quantitative estimate of drug-likeness (QED) is 0.504. The predicted molar refractivity (Wildman–Crippen MR) is 59.1 cm³/mol. The molecule has 0 aliphatic heterocycles. The van der Waals surface area contributed by atoms with Crippen LogP contribution >= 0.6 is 12.4 Å². The first-order chi connectivity index (χ1) is 5.81. The van der Waals surface area contributed by atoms with E-state index in [0.29, 0.717) is 6.61 Å². The fourth-order valence-corrected chi connectivity index (χ4v) is 1.08. The highest BCUT2D eigenvalue weighted by molar-refractivity contribution is 5.85. The van der Waals surface area contributed by atoms with Crippen LogP contribution in [0, 0.1) is 12.3 Å². The number of nitrogens with zero attached hydrogens (tertiary/aromatic N) is 1. The van der Waals surface area contributed by atoms with Crippen LogP contribution in [0.3, 0.4) is 0 Å². The molecule has 0 aliphatic rings. The second kappa shape index (κ2) is 11.8. The maximum atomic E-state index is 8.52. The Balaban J connectivity index is 0. The average Bonchev–Trinajstić information content (AvgIpc) is 2.05. The zero-order valence-electron chi connectivity index (χ0n) is 8.33. The number of aliphatic hydroxyl groups excluding tert-OH is 1. The van der Waals surface area contributed by atoms with Crippen molar-refractivity contribution in [3.63, 3.8) is 0 Å². The first kappa shape index (κ1) is 15.3. The second-order valence-electron chi connectivity index (χ2n) is 3.08. The van der Waals surface area contributed by atoms with Crippen molar-refractivity contribution in [3.05, 3.63) is 0 Å². The van der Waals surface area contributed by atoms with Crippen molar-refractivity contribution < 1.29 is 5.11 Å². The molecule has 0 saturated heterocycles. The molecule has 0 aliphatic carbocycles. The van der Waals surface area contributed by atoms with Crippen LogP contribution < -0.4 is 0 Å². The van der Waals surface area contributed by atoms with Gasteiger partial charge in [-0.2, -0.15) is 0 Å². The third-order valence-electron chi connectivity index (χ3n) is 1.81. The normalized spacial score (nSPS) is 9.38. The molecule has 0 atom stereocenters. The smallest absolute Gasteiger partial charge is 0.0596 e. The van der Waals surface area contributed by atoms with E-state index in [1.54, 1.807) is 0 Å². The molecule has 0 amide bonds. The molecular weight excluding hydrogens is 186 g/mol. The molecule has 0 spiro atoms. The van der Waals surface area contributed by atoms with Crippen molar-refractivity contribution in [2.45, 2.75) is 25.7 Å². The molecule has 0 bridgehead atoms. The maximum Gasteiger partial charge on any atom is 0.0596 e. The lowest BCUT2D eigenvalue weighted by atomic mass is 10.2. The van der Waals surface area contributed by atoms with Crippen molar-refractivity contribution in [2.75, 3.05) is 26.7 Å². The largest absolute Gasteiger partial charge is 0.396 e. The number of halogens is 1. The minimum Gasteiger partial charge on any atom is -0.396 e. The summed E-state index contributed by atoms with van der Waals surface area (Å²) < 4.78 is 0. The van der Waals surface area contributed by atoms with Crippen LogP contribution in [0.15, 0.2) is 0 Å². The van der Waals surface area contributed by atoms with E-state index in [1.807, 2.05) is 7.05 Å². The van der Waals surface area contributed by atoms with Crippen molar-refractivity contribution in [1.29, 1.82) is 0 Å². The van der Waals surface area contributed by atoms with Crippen LogP contribution in [0.1, 0.15) is 25.7 Å². The fraction of sp³-hybridized carbons (Fsp3) is 0.800. The van der Waals surface area contributed by atoms with Gasteiger partial charge in [-0.15, -0.1) is 18.8 Å². The molecule has 0 radical (unpaired) electrons. The van der Waals surface area contributed by atoms with Gasteiger partial charge in [-0.25, -0.2) is 0 Å². The van der Waals surface area contributed by atoms with Gasteiger partial charge in [0.1, 0.15) is 0 Å². The molecule has 0 aromatic rings. The van der Waals surface area contributed by atoms with Crippen LogP contribution in [0.2, 0.25) is 0 Å². The van der Waals surface area contributed by atoms with Gasteiger partial charge in [0, 0.05) is 6.61 Å². The number of aliphatic hydroxyl groups is 1. The summed E-state index contributed by atoms with van der Waals surface area (Å²) in [5.74, 6) is 2.61. The molecule has 0 aromatic carbocycles. The highest BCUT2D eigenvalue weighted by Crippen LogP contribution is 1.99. The van der Waals surface area contributed by atoms with Crippen molar-refractivity contribution in [3.8, 4) is 12.3 Å². The third-order valence-corrected chi connectivity index (χ3v) is 1.81. The first-order valence-corrected chi connectivity index (χ1v) is 4.54. The van der Waals surface area contributed by atoms with Gasteiger partial charge in [0.05, 0.1) is 6.54 Å². The predicted octanol–water partition coefficient (Wildman–Crippen LogP) is 1.53. The van der Waals surface area contributed by atoms with E-state index in [9.17, 15) is 0 Å². The summed E-state index contributed by atoms with van der Waals surface area (Å²) in [6, 6.07) is 0.